The molecule has 0 aliphatic carbocycles. The van der Waals surface area contributed by atoms with Crippen LogP contribution < -0.4 is 11.1 Å². The summed E-state index contributed by atoms with van der Waals surface area (Å²) in [5, 5.41) is 3.38. The minimum Gasteiger partial charge on any atom is -0.380 e. The number of halogens is 1. The number of anilines is 1. The van der Waals surface area contributed by atoms with Crippen molar-refractivity contribution in [2.24, 2.45) is 5.73 Å². The van der Waals surface area contributed by atoms with E-state index >= 15 is 0 Å². The van der Waals surface area contributed by atoms with E-state index in [-0.39, 0.29) is 0 Å². The molecule has 0 aliphatic rings. The molecule has 0 aromatic heterocycles. The molecule has 0 spiro atoms. The van der Waals surface area contributed by atoms with E-state index in [9.17, 15) is 4.79 Å². The van der Waals surface area contributed by atoms with Gasteiger partial charge in [0.15, 0.2) is 0 Å². The number of rotatable bonds is 4. The highest BCUT2D eigenvalue weighted by Crippen LogP contribution is 2.24. The topological polar surface area (TPSA) is 55.1 Å². The van der Waals surface area contributed by atoms with Crippen molar-refractivity contribution in [2.75, 3.05) is 5.32 Å². The standard InChI is InChI=1S/C16H17BrN2O/c1-10-3-6-15(14(17)7-10)19-9-13-5-4-12(16(18)20)8-11(13)2/h3-8,19H,9H2,1-2H3,(H2,18,20). The SMILES string of the molecule is Cc1ccc(NCc2ccc(C(N)=O)cc2C)c(Br)c1. The van der Waals surface area contributed by atoms with Gasteiger partial charge in [-0.2, -0.15) is 0 Å². The first-order chi connectivity index (χ1) is 9.47. The first-order valence-corrected chi connectivity index (χ1v) is 7.16. The molecule has 0 bridgehead atoms. The predicted molar refractivity (Wildman–Crippen MR) is 85.9 cm³/mol. The van der Waals surface area contributed by atoms with Crippen LogP contribution >= 0.6 is 15.9 Å². The van der Waals surface area contributed by atoms with Gasteiger partial charge in [-0.1, -0.05) is 12.1 Å². The maximum absolute atomic E-state index is 11.1. The number of primary amides is 1. The van der Waals surface area contributed by atoms with Crippen molar-refractivity contribution in [2.45, 2.75) is 20.4 Å². The molecule has 20 heavy (non-hydrogen) atoms. The quantitative estimate of drug-likeness (QED) is 0.895. The van der Waals surface area contributed by atoms with Crippen LogP contribution in [-0.4, -0.2) is 5.91 Å². The molecule has 0 aliphatic heterocycles. The van der Waals surface area contributed by atoms with E-state index < -0.39 is 5.91 Å². The monoisotopic (exact) mass is 332 g/mol. The van der Waals surface area contributed by atoms with Crippen LogP contribution in [0.25, 0.3) is 0 Å². The van der Waals surface area contributed by atoms with Crippen molar-refractivity contribution >= 4 is 27.5 Å². The van der Waals surface area contributed by atoms with Crippen LogP contribution in [0.4, 0.5) is 5.69 Å². The van der Waals surface area contributed by atoms with Gasteiger partial charge in [-0.05, 0) is 70.7 Å². The summed E-state index contributed by atoms with van der Waals surface area (Å²) in [5.41, 5.74) is 10.3. The van der Waals surface area contributed by atoms with Gasteiger partial charge < -0.3 is 11.1 Å². The second kappa shape index (κ2) is 6.09. The molecule has 0 heterocycles. The molecule has 0 unspecified atom stereocenters. The number of carbonyl (C=O) groups is 1. The first kappa shape index (κ1) is 14.6. The highest BCUT2D eigenvalue weighted by molar-refractivity contribution is 9.10. The van der Waals surface area contributed by atoms with Crippen LogP contribution in [-0.2, 0) is 6.54 Å². The zero-order valence-electron chi connectivity index (χ0n) is 11.5. The number of nitrogens with one attached hydrogen (secondary N) is 1. The fraction of sp³-hybridized carbons (Fsp3) is 0.188. The van der Waals surface area contributed by atoms with E-state index in [1.165, 1.54) is 5.56 Å². The maximum atomic E-state index is 11.1. The molecule has 0 radical (unpaired) electrons. The Labute approximate surface area is 127 Å². The van der Waals surface area contributed by atoms with E-state index in [0.29, 0.717) is 12.1 Å². The molecule has 2 rings (SSSR count). The van der Waals surface area contributed by atoms with Gasteiger partial charge in [0.25, 0.3) is 0 Å². The summed E-state index contributed by atoms with van der Waals surface area (Å²) in [7, 11) is 0. The Balaban J connectivity index is 2.13. The molecule has 104 valence electrons. The van der Waals surface area contributed by atoms with Crippen LogP contribution in [0.2, 0.25) is 0 Å². The van der Waals surface area contributed by atoms with Crippen molar-refractivity contribution in [3.05, 3.63) is 63.1 Å². The first-order valence-electron chi connectivity index (χ1n) is 6.36. The second-order valence-electron chi connectivity index (χ2n) is 4.84. The van der Waals surface area contributed by atoms with Crippen LogP contribution in [0.1, 0.15) is 27.0 Å². The molecule has 2 aromatic carbocycles. The average Bonchev–Trinajstić information content (AvgIpc) is 2.38. The number of carbonyl (C=O) groups excluding carboxylic acids is 1. The number of hydrogen-bond acceptors (Lipinski definition) is 2. The van der Waals surface area contributed by atoms with E-state index in [4.69, 9.17) is 5.73 Å². The van der Waals surface area contributed by atoms with Gasteiger partial charge in [0.1, 0.15) is 0 Å². The fourth-order valence-electron chi connectivity index (χ4n) is 2.00. The summed E-state index contributed by atoms with van der Waals surface area (Å²) in [6, 6.07) is 11.7. The van der Waals surface area contributed by atoms with Crippen molar-refractivity contribution in [1.29, 1.82) is 0 Å². The highest BCUT2D eigenvalue weighted by atomic mass is 79.9. The van der Waals surface area contributed by atoms with Gasteiger partial charge in [0, 0.05) is 22.3 Å². The van der Waals surface area contributed by atoms with Gasteiger partial charge in [-0.3, -0.25) is 4.79 Å². The molecular weight excluding hydrogens is 316 g/mol. The Hall–Kier alpha value is -1.81. The maximum Gasteiger partial charge on any atom is 0.248 e. The normalized spacial score (nSPS) is 10.3. The molecule has 2 aromatic rings. The third-order valence-electron chi connectivity index (χ3n) is 3.22. The largest absolute Gasteiger partial charge is 0.380 e. The van der Waals surface area contributed by atoms with E-state index in [1.807, 2.05) is 25.1 Å². The third kappa shape index (κ3) is 3.39. The molecule has 4 heteroatoms. The van der Waals surface area contributed by atoms with E-state index in [0.717, 1.165) is 21.3 Å². The molecule has 1 amide bonds. The number of benzene rings is 2. The van der Waals surface area contributed by atoms with Gasteiger partial charge in [0.2, 0.25) is 5.91 Å². The smallest absolute Gasteiger partial charge is 0.248 e. The van der Waals surface area contributed by atoms with Crippen molar-refractivity contribution in [3.63, 3.8) is 0 Å². The summed E-state index contributed by atoms with van der Waals surface area (Å²) >= 11 is 3.55. The van der Waals surface area contributed by atoms with Crippen molar-refractivity contribution in [3.8, 4) is 0 Å². The Morgan fingerprint density at radius 1 is 1.20 bits per heavy atom. The van der Waals surface area contributed by atoms with Gasteiger partial charge >= 0.3 is 0 Å². The lowest BCUT2D eigenvalue weighted by molar-refractivity contribution is 0.1000. The Kier molecular flexibility index (Phi) is 4.45. The number of hydrogen-bond donors (Lipinski definition) is 2. The van der Waals surface area contributed by atoms with E-state index in [1.54, 1.807) is 6.07 Å². The van der Waals surface area contributed by atoms with Gasteiger partial charge in [-0.25, -0.2) is 0 Å². The minimum absolute atomic E-state index is 0.395. The van der Waals surface area contributed by atoms with Crippen molar-refractivity contribution < 1.29 is 4.79 Å². The number of nitrogens with two attached hydrogens (primary N) is 1. The summed E-state index contributed by atoms with van der Waals surface area (Å²) in [5.74, 6) is -0.395. The lowest BCUT2D eigenvalue weighted by Gasteiger charge is -2.12. The third-order valence-corrected chi connectivity index (χ3v) is 3.88. The number of aryl methyl sites for hydroxylation is 2. The zero-order valence-corrected chi connectivity index (χ0v) is 13.1. The highest BCUT2D eigenvalue weighted by Gasteiger charge is 2.05. The fourth-order valence-corrected chi connectivity index (χ4v) is 2.63. The van der Waals surface area contributed by atoms with Gasteiger partial charge in [0.05, 0.1) is 0 Å². The van der Waals surface area contributed by atoms with Crippen LogP contribution in [0.3, 0.4) is 0 Å². The molecular formula is C16H17BrN2O. The summed E-state index contributed by atoms with van der Waals surface area (Å²) in [4.78, 5) is 11.1. The zero-order chi connectivity index (χ0) is 14.7. The molecule has 0 saturated carbocycles. The summed E-state index contributed by atoms with van der Waals surface area (Å²) in [6.07, 6.45) is 0. The van der Waals surface area contributed by atoms with Crippen LogP contribution in [0, 0.1) is 13.8 Å². The average molecular weight is 333 g/mol. The molecule has 3 nitrogen and oxygen atoms in total. The summed E-state index contributed by atoms with van der Waals surface area (Å²) < 4.78 is 1.05. The minimum atomic E-state index is -0.395. The molecule has 0 saturated heterocycles. The van der Waals surface area contributed by atoms with Crippen LogP contribution in [0.15, 0.2) is 40.9 Å². The predicted octanol–water partition coefficient (Wildman–Crippen LogP) is 3.78. The lowest BCUT2D eigenvalue weighted by Crippen LogP contribution is -2.11. The Bertz CT molecular complexity index is 653. The Morgan fingerprint density at radius 2 is 1.95 bits per heavy atom. The van der Waals surface area contributed by atoms with Crippen LogP contribution in [0.5, 0.6) is 0 Å². The molecule has 0 fully saturated rings. The summed E-state index contributed by atoms with van der Waals surface area (Å²) in [6.45, 7) is 4.74. The molecule has 3 N–H and O–H groups in total. The number of amides is 1. The van der Waals surface area contributed by atoms with Gasteiger partial charge in [-0.15, -0.1) is 0 Å². The second-order valence-corrected chi connectivity index (χ2v) is 5.70. The Morgan fingerprint density at radius 3 is 2.55 bits per heavy atom. The molecule has 0 atom stereocenters. The van der Waals surface area contributed by atoms with E-state index in [2.05, 4.69) is 40.3 Å². The van der Waals surface area contributed by atoms with Crippen molar-refractivity contribution in [1.82, 2.24) is 0 Å². The lowest BCUT2D eigenvalue weighted by atomic mass is 10.0.